The maximum Gasteiger partial charge on any atom is 0.314 e. The van der Waals surface area contributed by atoms with Crippen LogP contribution in [0.4, 0.5) is 4.79 Å². The van der Waals surface area contributed by atoms with Crippen molar-refractivity contribution >= 4 is 6.03 Å². The summed E-state index contributed by atoms with van der Waals surface area (Å²) in [4.78, 5) is 11.5. The first kappa shape index (κ1) is 19.2. The van der Waals surface area contributed by atoms with E-state index in [1.165, 1.54) is 25.7 Å². The van der Waals surface area contributed by atoms with Gasteiger partial charge in [0.25, 0.3) is 0 Å². The lowest BCUT2D eigenvalue weighted by Crippen LogP contribution is -2.46. The van der Waals surface area contributed by atoms with E-state index in [1.807, 2.05) is 14.0 Å². The highest BCUT2D eigenvalue weighted by Crippen LogP contribution is 2.23. The third-order valence-corrected chi connectivity index (χ3v) is 4.19. The number of hydrogen-bond donors (Lipinski definition) is 3. The van der Waals surface area contributed by atoms with Gasteiger partial charge >= 0.3 is 6.03 Å². The van der Waals surface area contributed by atoms with Gasteiger partial charge in [0.2, 0.25) is 0 Å². The Morgan fingerprint density at radius 3 is 2.10 bits per heavy atom. The van der Waals surface area contributed by atoms with Gasteiger partial charge in [0, 0.05) is 19.1 Å². The molecule has 4 nitrogen and oxygen atoms in total. The Bertz CT molecular complexity index is 246. The molecular formula is C16H35N3O. The quantitative estimate of drug-likeness (QED) is 0.546. The largest absolute Gasteiger partial charge is 0.338 e. The molecule has 0 radical (unpaired) electrons. The van der Waals surface area contributed by atoms with E-state index in [0.29, 0.717) is 24.4 Å². The van der Waals surface area contributed by atoms with Gasteiger partial charge in [-0.05, 0) is 32.2 Å². The summed E-state index contributed by atoms with van der Waals surface area (Å²) in [5, 5.41) is 9.28. The Balaban J connectivity index is 4.49. The molecule has 0 heterocycles. The molecule has 3 N–H and O–H groups in total. The minimum Gasteiger partial charge on any atom is -0.338 e. The van der Waals surface area contributed by atoms with Crippen molar-refractivity contribution in [2.24, 2.45) is 11.8 Å². The Morgan fingerprint density at radius 1 is 1.00 bits per heavy atom. The lowest BCUT2D eigenvalue weighted by Gasteiger charge is -2.33. The van der Waals surface area contributed by atoms with E-state index in [4.69, 9.17) is 0 Å². The average Bonchev–Trinajstić information content (AvgIpc) is 2.46. The molecule has 3 atom stereocenters. The Hall–Kier alpha value is -0.770. The molecule has 0 fully saturated rings. The van der Waals surface area contributed by atoms with Gasteiger partial charge in [0.15, 0.2) is 0 Å². The number of unbranched alkanes of at least 4 members (excludes halogenated alkanes) is 1. The van der Waals surface area contributed by atoms with Gasteiger partial charge in [-0.25, -0.2) is 4.79 Å². The summed E-state index contributed by atoms with van der Waals surface area (Å²) in [5.74, 6) is 1.19. The van der Waals surface area contributed by atoms with Gasteiger partial charge in [-0.1, -0.05) is 46.5 Å². The molecule has 0 bridgehead atoms. The van der Waals surface area contributed by atoms with Crippen LogP contribution in [0.15, 0.2) is 0 Å². The standard InChI is InChI=1S/C16H35N3O/c1-6-10-11-13(7-2)15(17-5)14(8-3)12-19-16(20)18-9-4/h13-15,17H,6-12H2,1-5H3,(H2,18,19,20). The molecule has 3 unspecified atom stereocenters. The number of hydrogen-bond acceptors (Lipinski definition) is 2. The van der Waals surface area contributed by atoms with Crippen LogP contribution in [-0.4, -0.2) is 32.2 Å². The molecule has 0 aliphatic rings. The Kier molecular flexibility index (Phi) is 11.5. The first-order valence-corrected chi connectivity index (χ1v) is 8.33. The number of urea groups is 1. The van der Waals surface area contributed by atoms with Crippen LogP contribution in [0.25, 0.3) is 0 Å². The van der Waals surface area contributed by atoms with E-state index in [1.54, 1.807) is 0 Å². The topological polar surface area (TPSA) is 53.2 Å². The normalized spacial score (nSPS) is 15.4. The van der Waals surface area contributed by atoms with Crippen LogP contribution in [0.5, 0.6) is 0 Å². The molecule has 0 spiro atoms. The van der Waals surface area contributed by atoms with Crippen LogP contribution in [0.1, 0.15) is 59.8 Å². The van der Waals surface area contributed by atoms with E-state index in [9.17, 15) is 4.79 Å². The maximum absolute atomic E-state index is 11.5. The van der Waals surface area contributed by atoms with Crippen molar-refractivity contribution in [3.63, 3.8) is 0 Å². The van der Waals surface area contributed by atoms with Gasteiger partial charge in [-0.3, -0.25) is 0 Å². The molecule has 0 rings (SSSR count). The van der Waals surface area contributed by atoms with Crippen molar-refractivity contribution in [3.05, 3.63) is 0 Å². The van der Waals surface area contributed by atoms with Crippen LogP contribution < -0.4 is 16.0 Å². The highest BCUT2D eigenvalue weighted by Gasteiger charge is 2.26. The second-order valence-electron chi connectivity index (χ2n) is 5.53. The Labute approximate surface area is 125 Å². The summed E-state index contributed by atoms with van der Waals surface area (Å²) >= 11 is 0. The zero-order chi connectivity index (χ0) is 15.4. The molecular weight excluding hydrogens is 250 g/mol. The summed E-state index contributed by atoms with van der Waals surface area (Å²) in [6, 6.07) is 0.431. The molecule has 0 aromatic rings. The van der Waals surface area contributed by atoms with Crippen molar-refractivity contribution in [2.45, 2.75) is 65.8 Å². The number of carbonyl (C=O) groups is 1. The van der Waals surface area contributed by atoms with E-state index in [2.05, 4.69) is 36.7 Å². The number of rotatable bonds is 11. The van der Waals surface area contributed by atoms with Crippen molar-refractivity contribution in [3.8, 4) is 0 Å². The van der Waals surface area contributed by atoms with Gasteiger partial charge in [-0.15, -0.1) is 0 Å². The fraction of sp³-hybridized carbons (Fsp3) is 0.938. The summed E-state index contributed by atoms with van der Waals surface area (Å²) in [7, 11) is 2.05. The van der Waals surface area contributed by atoms with Gasteiger partial charge < -0.3 is 16.0 Å². The molecule has 0 saturated carbocycles. The molecule has 0 aliphatic carbocycles. The predicted octanol–water partition coefficient (Wildman–Crippen LogP) is 3.14. The van der Waals surface area contributed by atoms with Crippen LogP contribution in [0, 0.1) is 11.8 Å². The first-order chi connectivity index (χ1) is 9.64. The highest BCUT2D eigenvalue weighted by molar-refractivity contribution is 5.73. The van der Waals surface area contributed by atoms with Crippen LogP contribution in [0.3, 0.4) is 0 Å². The minimum absolute atomic E-state index is 0.0533. The zero-order valence-electron chi connectivity index (χ0n) is 14.1. The number of nitrogens with one attached hydrogen (secondary N) is 3. The summed E-state index contributed by atoms with van der Waals surface area (Å²) in [6.07, 6.45) is 6.09. The average molecular weight is 285 g/mol. The zero-order valence-corrected chi connectivity index (χ0v) is 14.1. The number of carbonyl (C=O) groups excluding carboxylic acids is 1. The molecule has 4 heteroatoms. The third-order valence-electron chi connectivity index (χ3n) is 4.19. The van der Waals surface area contributed by atoms with E-state index in [-0.39, 0.29) is 6.03 Å². The predicted molar refractivity (Wildman–Crippen MR) is 87.0 cm³/mol. The fourth-order valence-electron chi connectivity index (χ4n) is 2.93. The lowest BCUT2D eigenvalue weighted by molar-refractivity contribution is 0.221. The van der Waals surface area contributed by atoms with Crippen molar-refractivity contribution in [1.82, 2.24) is 16.0 Å². The first-order valence-electron chi connectivity index (χ1n) is 8.33. The van der Waals surface area contributed by atoms with Crippen LogP contribution in [0.2, 0.25) is 0 Å². The molecule has 0 aromatic carbocycles. The number of amides is 2. The maximum atomic E-state index is 11.5. The van der Waals surface area contributed by atoms with Gasteiger partial charge in [-0.2, -0.15) is 0 Å². The minimum atomic E-state index is -0.0533. The second-order valence-corrected chi connectivity index (χ2v) is 5.53. The van der Waals surface area contributed by atoms with Crippen molar-refractivity contribution in [1.29, 1.82) is 0 Å². The molecule has 0 aromatic heterocycles. The van der Waals surface area contributed by atoms with Crippen molar-refractivity contribution in [2.75, 3.05) is 20.1 Å². The SMILES string of the molecule is CCCCC(CC)C(NC)C(CC)CNC(=O)NCC. The van der Waals surface area contributed by atoms with E-state index >= 15 is 0 Å². The highest BCUT2D eigenvalue weighted by atomic mass is 16.2. The van der Waals surface area contributed by atoms with Crippen LogP contribution in [-0.2, 0) is 0 Å². The molecule has 120 valence electrons. The summed E-state index contributed by atoms with van der Waals surface area (Å²) < 4.78 is 0. The van der Waals surface area contributed by atoms with Crippen molar-refractivity contribution < 1.29 is 4.79 Å². The summed E-state index contributed by atoms with van der Waals surface area (Å²) in [5.41, 5.74) is 0. The van der Waals surface area contributed by atoms with Gasteiger partial charge in [0.05, 0.1) is 0 Å². The second kappa shape index (κ2) is 12.0. The van der Waals surface area contributed by atoms with Gasteiger partial charge in [0.1, 0.15) is 0 Å². The summed E-state index contributed by atoms with van der Waals surface area (Å²) in [6.45, 7) is 10.1. The molecule has 0 saturated heterocycles. The Morgan fingerprint density at radius 2 is 1.65 bits per heavy atom. The molecule has 20 heavy (non-hydrogen) atoms. The smallest absolute Gasteiger partial charge is 0.314 e. The third kappa shape index (κ3) is 7.13. The lowest BCUT2D eigenvalue weighted by atomic mass is 9.82. The molecule has 0 aliphatic heterocycles. The fourth-order valence-corrected chi connectivity index (χ4v) is 2.93. The van der Waals surface area contributed by atoms with Crippen LogP contribution >= 0.6 is 0 Å². The molecule has 2 amide bonds. The monoisotopic (exact) mass is 285 g/mol. The van der Waals surface area contributed by atoms with E-state index in [0.717, 1.165) is 13.0 Å². The van der Waals surface area contributed by atoms with E-state index < -0.39 is 0 Å².